The number of nitrogen functional groups attached to an aromatic ring is 2. The van der Waals surface area contributed by atoms with E-state index in [0.717, 1.165) is 0 Å². The minimum atomic E-state index is -1.08. The average molecular weight is 278 g/mol. The van der Waals surface area contributed by atoms with Gasteiger partial charge in [0.1, 0.15) is 17.6 Å². The summed E-state index contributed by atoms with van der Waals surface area (Å²) in [5.74, 6) is 0.0817. The van der Waals surface area contributed by atoms with Gasteiger partial charge < -0.3 is 31.9 Å². The molecule has 20 heavy (non-hydrogen) atoms. The Bertz CT molecular complexity index is 540. The van der Waals surface area contributed by atoms with Crippen LogP contribution in [0.4, 0.5) is 11.4 Å². The van der Waals surface area contributed by atoms with Crippen LogP contribution in [0.3, 0.4) is 0 Å². The lowest BCUT2D eigenvalue weighted by Crippen LogP contribution is -2.03. The summed E-state index contributed by atoms with van der Waals surface area (Å²) in [6.45, 7) is -0.434. The first kappa shape index (κ1) is 15.6. The van der Waals surface area contributed by atoms with E-state index in [1.807, 2.05) is 0 Å². The number of nitrogens with two attached hydrogens (primary N) is 2. The number of aromatic hydroxyl groups is 2. The van der Waals surface area contributed by atoms with Crippen LogP contribution < -0.4 is 11.5 Å². The molecule has 0 radical (unpaired) electrons. The van der Waals surface area contributed by atoms with Crippen molar-refractivity contribution in [1.82, 2.24) is 0 Å². The number of benzene rings is 2. The van der Waals surface area contributed by atoms with E-state index in [1.165, 1.54) is 18.2 Å². The third-order valence-electron chi connectivity index (χ3n) is 2.52. The lowest BCUT2D eigenvalue weighted by atomic mass is 10.1. The summed E-state index contributed by atoms with van der Waals surface area (Å²) in [6, 6.07) is 11.0. The van der Waals surface area contributed by atoms with Gasteiger partial charge in [0, 0.05) is 11.3 Å². The number of para-hydroxylation sites is 2. The highest BCUT2D eigenvalue weighted by molar-refractivity contribution is 5.50. The maximum atomic E-state index is 9.21. The lowest BCUT2D eigenvalue weighted by Gasteiger charge is -2.09. The highest BCUT2D eigenvalue weighted by Gasteiger charge is 2.10. The van der Waals surface area contributed by atoms with Gasteiger partial charge in [-0.3, -0.25) is 0 Å². The molecule has 0 aliphatic heterocycles. The topological polar surface area (TPSA) is 133 Å². The second kappa shape index (κ2) is 7.22. The Morgan fingerprint density at radius 1 is 0.950 bits per heavy atom. The smallest absolute Gasteiger partial charge is 0.138 e. The van der Waals surface area contributed by atoms with E-state index in [0.29, 0.717) is 11.4 Å². The average Bonchev–Trinajstić information content (AvgIpc) is 2.44. The Labute approximate surface area is 116 Å². The number of aliphatic hydroxyl groups excluding tert-OH is 2. The number of rotatable bonds is 2. The standard InChI is InChI=1S/C8H11NO3.C6H7NO/c9-5-1-2-7(11)6(3-5)8(12)4-10;7-5-3-1-2-4-6(5)8/h1-3,8,10-12H,4,9H2;1-4,8H,7H2. The third kappa shape index (κ3) is 4.34. The highest BCUT2D eigenvalue weighted by Crippen LogP contribution is 2.25. The molecular weight excluding hydrogens is 260 g/mol. The molecule has 8 N–H and O–H groups in total. The van der Waals surface area contributed by atoms with E-state index in [4.69, 9.17) is 26.8 Å². The molecule has 2 aromatic carbocycles. The normalized spacial score (nSPS) is 11.3. The van der Waals surface area contributed by atoms with Gasteiger partial charge in [-0.2, -0.15) is 0 Å². The zero-order chi connectivity index (χ0) is 15.1. The van der Waals surface area contributed by atoms with E-state index >= 15 is 0 Å². The Morgan fingerprint density at radius 3 is 2.10 bits per heavy atom. The molecule has 1 unspecified atom stereocenters. The van der Waals surface area contributed by atoms with Crippen LogP contribution in [0, 0.1) is 0 Å². The number of anilines is 2. The lowest BCUT2D eigenvalue weighted by molar-refractivity contribution is 0.0935. The SMILES string of the molecule is Nc1ccc(O)c(C(O)CO)c1.Nc1ccccc1O. The van der Waals surface area contributed by atoms with E-state index in [1.54, 1.807) is 24.3 Å². The fourth-order valence-corrected chi connectivity index (χ4v) is 1.43. The number of hydrogen-bond donors (Lipinski definition) is 6. The molecular formula is C14H18N2O4. The first-order valence-electron chi connectivity index (χ1n) is 5.86. The Kier molecular flexibility index (Phi) is 5.64. The fraction of sp³-hybridized carbons (Fsp3) is 0.143. The van der Waals surface area contributed by atoms with Crippen molar-refractivity contribution in [3.05, 3.63) is 48.0 Å². The summed E-state index contributed by atoms with van der Waals surface area (Å²) < 4.78 is 0. The molecule has 108 valence electrons. The molecule has 0 aliphatic rings. The number of hydrogen-bond acceptors (Lipinski definition) is 6. The van der Waals surface area contributed by atoms with Crippen LogP contribution in [0.5, 0.6) is 11.5 Å². The molecule has 0 aliphatic carbocycles. The minimum absolute atomic E-state index is 0.0641. The zero-order valence-electron chi connectivity index (χ0n) is 10.8. The molecule has 0 spiro atoms. The predicted octanol–water partition coefficient (Wildman–Crippen LogP) is 0.975. The van der Waals surface area contributed by atoms with Gasteiger partial charge in [0.05, 0.1) is 12.3 Å². The summed E-state index contributed by atoms with van der Waals surface area (Å²) >= 11 is 0. The highest BCUT2D eigenvalue weighted by atomic mass is 16.3. The van der Waals surface area contributed by atoms with Crippen molar-refractivity contribution in [3.63, 3.8) is 0 Å². The first-order valence-corrected chi connectivity index (χ1v) is 5.86. The van der Waals surface area contributed by atoms with Crippen LogP contribution in [-0.2, 0) is 0 Å². The number of aliphatic hydroxyl groups is 2. The van der Waals surface area contributed by atoms with Crippen LogP contribution in [0.25, 0.3) is 0 Å². The Hall–Kier alpha value is -2.44. The maximum absolute atomic E-state index is 9.21. The molecule has 1 atom stereocenters. The van der Waals surface area contributed by atoms with Crippen molar-refractivity contribution in [1.29, 1.82) is 0 Å². The van der Waals surface area contributed by atoms with Gasteiger partial charge in [0.25, 0.3) is 0 Å². The quantitative estimate of drug-likeness (QED) is 0.275. The molecule has 0 fully saturated rings. The number of phenolic OH excluding ortho intramolecular Hbond substituents is 2. The maximum Gasteiger partial charge on any atom is 0.138 e. The molecule has 0 saturated carbocycles. The second-order valence-corrected chi connectivity index (χ2v) is 4.08. The van der Waals surface area contributed by atoms with Crippen LogP contribution in [0.2, 0.25) is 0 Å². The first-order chi connectivity index (χ1) is 9.45. The van der Waals surface area contributed by atoms with Gasteiger partial charge in [0.2, 0.25) is 0 Å². The van der Waals surface area contributed by atoms with Gasteiger partial charge in [-0.25, -0.2) is 0 Å². The zero-order valence-corrected chi connectivity index (χ0v) is 10.8. The van der Waals surface area contributed by atoms with E-state index in [9.17, 15) is 5.11 Å². The third-order valence-corrected chi connectivity index (χ3v) is 2.52. The predicted molar refractivity (Wildman–Crippen MR) is 77.1 cm³/mol. The molecule has 0 aromatic heterocycles. The molecule has 0 amide bonds. The Morgan fingerprint density at radius 2 is 1.60 bits per heavy atom. The molecule has 2 rings (SSSR count). The van der Waals surface area contributed by atoms with Crippen molar-refractivity contribution in [2.75, 3.05) is 18.1 Å². The van der Waals surface area contributed by atoms with Crippen molar-refractivity contribution in [3.8, 4) is 11.5 Å². The van der Waals surface area contributed by atoms with Crippen LogP contribution in [-0.4, -0.2) is 27.0 Å². The minimum Gasteiger partial charge on any atom is -0.508 e. The Balaban J connectivity index is 0.000000217. The van der Waals surface area contributed by atoms with Crippen molar-refractivity contribution in [2.24, 2.45) is 0 Å². The molecule has 0 heterocycles. The number of phenols is 2. The molecule has 2 aromatic rings. The van der Waals surface area contributed by atoms with E-state index in [-0.39, 0.29) is 17.1 Å². The molecule has 6 heteroatoms. The summed E-state index contributed by atoms with van der Waals surface area (Å²) in [5.41, 5.74) is 11.8. The van der Waals surface area contributed by atoms with Gasteiger partial charge >= 0.3 is 0 Å². The summed E-state index contributed by atoms with van der Waals surface area (Å²) in [4.78, 5) is 0. The fourth-order valence-electron chi connectivity index (χ4n) is 1.43. The van der Waals surface area contributed by atoms with Crippen LogP contribution in [0.15, 0.2) is 42.5 Å². The van der Waals surface area contributed by atoms with Gasteiger partial charge in [-0.1, -0.05) is 12.1 Å². The van der Waals surface area contributed by atoms with Crippen molar-refractivity contribution >= 4 is 11.4 Å². The monoisotopic (exact) mass is 278 g/mol. The van der Waals surface area contributed by atoms with Crippen molar-refractivity contribution < 1.29 is 20.4 Å². The molecule has 0 saturated heterocycles. The van der Waals surface area contributed by atoms with Gasteiger partial charge in [-0.05, 0) is 30.3 Å². The second-order valence-electron chi connectivity index (χ2n) is 4.08. The van der Waals surface area contributed by atoms with Gasteiger partial charge in [-0.15, -0.1) is 0 Å². The van der Waals surface area contributed by atoms with Crippen LogP contribution >= 0.6 is 0 Å². The largest absolute Gasteiger partial charge is 0.508 e. The van der Waals surface area contributed by atoms with E-state index in [2.05, 4.69) is 0 Å². The van der Waals surface area contributed by atoms with Gasteiger partial charge in [0.15, 0.2) is 0 Å². The molecule has 0 bridgehead atoms. The van der Waals surface area contributed by atoms with Crippen LogP contribution in [0.1, 0.15) is 11.7 Å². The summed E-state index contributed by atoms with van der Waals surface area (Å²) in [6.07, 6.45) is -1.08. The summed E-state index contributed by atoms with van der Waals surface area (Å²) in [7, 11) is 0. The summed E-state index contributed by atoms with van der Waals surface area (Å²) in [5, 5.41) is 35.8. The van der Waals surface area contributed by atoms with E-state index < -0.39 is 12.7 Å². The van der Waals surface area contributed by atoms with Crippen molar-refractivity contribution in [2.45, 2.75) is 6.10 Å². The molecule has 6 nitrogen and oxygen atoms in total.